The molecule has 3 unspecified atom stereocenters. The van der Waals surface area contributed by atoms with Gasteiger partial charge in [0.15, 0.2) is 0 Å². The molecule has 0 bridgehead atoms. The zero-order chi connectivity index (χ0) is 25.4. The summed E-state index contributed by atoms with van der Waals surface area (Å²) in [5, 5.41) is 9.59. The molecule has 0 radical (unpaired) electrons. The second-order valence-corrected chi connectivity index (χ2v) is 11.9. The molecule has 3 fully saturated rings. The molecule has 2 saturated heterocycles. The Balaban J connectivity index is 1.37. The molecule has 6 rings (SSSR count). The van der Waals surface area contributed by atoms with E-state index in [1.807, 2.05) is 32.9 Å². The minimum atomic E-state index is -0.223. The number of carbonyl (C=O) groups is 2. The highest BCUT2D eigenvalue weighted by Crippen LogP contribution is 2.63. The summed E-state index contributed by atoms with van der Waals surface area (Å²) >= 11 is 1.50. The van der Waals surface area contributed by atoms with Crippen LogP contribution >= 0.6 is 11.3 Å². The van der Waals surface area contributed by atoms with Crippen LogP contribution in [0.1, 0.15) is 36.4 Å². The van der Waals surface area contributed by atoms with Gasteiger partial charge in [0, 0.05) is 29.7 Å². The molecule has 3 aromatic rings. The van der Waals surface area contributed by atoms with Crippen molar-refractivity contribution < 1.29 is 14.3 Å². The van der Waals surface area contributed by atoms with Crippen molar-refractivity contribution in [2.45, 2.75) is 39.8 Å². The molecule has 3 atom stereocenters. The van der Waals surface area contributed by atoms with Crippen LogP contribution in [-0.4, -0.2) is 57.8 Å². The Morgan fingerprint density at radius 3 is 2.67 bits per heavy atom. The third-order valence-corrected chi connectivity index (χ3v) is 8.97. The minimum absolute atomic E-state index is 0.0567. The molecule has 0 N–H and O–H groups in total. The smallest absolute Gasteiger partial charge is 0.234 e. The second kappa shape index (κ2) is 8.08. The molecule has 3 aromatic heterocycles. The first-order valence-corrected chi connectivity index (χ1v) is 13.0. The number of imide groups is 1. The van der Waals surface area contributed by atoms with E-state index in [1.165, 1.54) is 16.2 Å². The summed E-state index contributed by atoms with van der Waals surface area (Å²) in [5.41, 5.74) is 3.20. The molecule has 0 spiro atoms. The average Bonchev–Trinajstić information content (AvgIpc) is 3.20. The highest BCUT2D eigenvalue weighted by molar-refractivity contribution is 7.19. The Bertz CT molecular complexity index is 1450. The number of likely N-dealkylation sites (N-methyl/N-ethyl adjacent to an activating group) is 1. The van der Waals surface area contributed by atoms with E-state index in [1.54, 1.807) is 12.3 Å². The summed E-state index contributed by atoms with van der Waals surface area (Å²) in [6.45, 7) is 7.98. The molecule has 1 saturated carbocycles. The topological polar surface area (TPSA) is 99.4 Å². The number of aryl methyl sites for hydroxylation is 1. The predicted octanol–water partition coefficient (Wildman–Crippen LogP) is 3.76. The third kappa shape index (κ3) is 3.51. The zero-order valence-corrected chi connectivity index (χ0v) is 21.6. The van der Waals surface area contributed by atoms with Crippen molar-refractivity contribution >= 4 is 33.4 Å². The van der Waals surface area contributed by atoms with Crippen molar-refractivity contribution in [1.29, 1.82) is 5.26 Å². The molecule has 2 amide bonds. The monoisotopic (exact) mass is 501 g/mol. The van der Waals surface area contributed by atoms with E-state index in [-0.39, 0.29) is 41.7 Å². The SMILES string of the molecule is Cc1cc(C#N)nc(-c2ccnc3cc(CN4C(=O)C5C(C4=O)C5(C)C)sc23)c1OC1CCN(C)C1. The minimum Gasteiger partial charge on any atom is -0.486 e. The summed E-state index contributed by atoms with van der Waals surface area (Å²) in [4.78, 5) is 39.4. The number of amides is 2. The first-order valence-electron chi connectivity index (χ1n) is 12.2. The van der Waals surface area contributed by atoms with Crippen LogP contribution in [0.15, 0.2) is 24.4 Å². The van der Waals surface area contributed by atoms with Gasteiger partial charge in [0.2, 0.25) is 11.8 Å². The van der Waals surface area contributed by atoms with Crippen LogP contribution in [-0.2, 0) is 16.1 Å². The van der Waals surface area contributed by atoms with Crippen LogP contribution in [0.4, 0.5) is 0 Å². The molecule has 3 aliphatic rings. The number of likely N-dealkylation sites (tertiary alicyclic amines) is 2. The summed E-state index contributed by atoms with van der Waals surface area (Å²) < 4.78 is 7.36. The highest BCUT2D eigenvalue weighted by atomic mass is 32.1. The Morgan fingerprint density at radius 2 is 2.00 bits per heavy atom. The Hall–Kier alpha value is -3.35. The second-order valence-electron chi connectivity index (χ2n) is 10.7. The zero-order valence-electron chi connectivity index (χ0n) is 20.7. The molecule has 36 heavy (non-hydrogen) atoms. The molecule has 9 heteroatoms. The number of thiophene rings is 1. The van der Waals surface area contributed by atoms with Gasteiger partial charge >= 0.3 is 0 Å². The molecule has 184 valence electrons. The number of carbonyl (C=O) groups excluding carboxylic acids is 2. The number of piperidine rings is 1. The van der Waals surface area contributed by atoms with E-state index in [0.29, 0.717) is 17.1 Å². The van der Waals surface area contributed by atoms with E-state index in [9.17, 15) is 14.9 Å². The van der Waals surface area contributed by atoms with Gasteiger partial charge in [-0.3, -0.25) is 19.5 Å². The lowest BCUT2D eigenvalue weighted by Gasteiger charge is -2.19. The molecule has 1 aliphatic carbocycles. The summed E-state index contributed by atoms with van der Waals surface area (Å²) in [7, 11) is 2.08. The van der Waals surface area contributed by atoms with Crippen LogP contribution in [0.3, 0.4) is 0 Å². The average molecular weight is 502 g/mol. The van der Waals surface area contributed by atoms with Crippen molar-refractivity contribution in [1.82, 2.24) is 19.8 Å². The van der Waals surface area contributed by atoms with Crippen molar-refractivity contribution in [3.63, 3.8) is 0 Å². The fourth-order valence-corrected chi connectivity index (χ4v) is 6.89. The summed E-state index contributed by atoms with van der Waals surface area (Å²) in [6.07, 6.45) is 2.71. The first kappa shape index (κ1) is 23.1. The van der Waals surface area contributed by atoms with Crippen LogP contribution in [0.5, 0.6) is 5.75 Å². The molecule has 5 heterocycles. The summed E-state index contributed by atoms with van der Waals surface area (Å²) in [6, 6.07) is 7.75. The van der Waals surface area contributed by atoms with Gasteiger partial charge in [-0.05, 0) is 49.6 Å². The van der Waals surface area contributed by atoms with Gasteiger partial charge in [0.25, 0.3) is 0 Å². The van der Waals surface area contributed by atoms with E-state index < -0.39 is 0 Å². The number of nitriles is 1. The van der Waals surface area contributed by atoms with Crippen molar-refractivity contribution in [2.24, 2.45) is 17.3 Å². The standard InChI is InChI=1S/C27H27N5O3S/c1-14-9-15(11-28)30-22(23(14)35-16-6-8-31(4)12-16)18-5-7-29-19-10-17(36-24(18)19)13-32-25(33)20-21(26(32)34)27(20,2)3/h5,7,9-10,16,20-21H,6,8,12-13H2,1-4H3. The maximum Gasteiger partial charge on any atom is 0.234 e. The fraction of sp³-hybridized carbons (Fsp3) is 0.444. The van der Waals surface area contributed by atoms with Crippen molar-refractivity contribution in [3.8, 4) is 23.1 Å². The number of nitrogens with zero attached hydrogens (tertiary/aromatic N) is 5. The highest BCUT2D eigenvalue weighted by Gasteiger charge is 2.72. The maximum absolute atomic E-state index is 12.9. The van der Waals surface area contributed by atoms with Gasteiger partial charge in [0.05, 0.1) is 28.6 Å². The van der Waals surface area contributed by atoms with E-state index >= 15 is 0 Å². The van der Waals surface area contributed by atoms with Crippen LogP contribution in [0, 0.1) is 35.5 Å². The molecule has 0 aromatic carbocycles. The van der Waals surface area contributed by atoms with Crippen LogP contribution < -0.4 is 4.74 Å². The van der Waals surface area contributed by atoms with Gasteiger partial charge in [-0.1, -0.05) is 13.8 Å². The lowest BCUT2D eigenvalue weighted by molar-refractivity contribution is -0.143. The Morgan fingerprint density at radius 1 is 1.25 bits per heavy atom. The number of ether oxygens (including phenoxy) is 1. The van der Waals surface area contributed by atoms with Gasteiger partial charge in [0.1, 0.15) is 29.3 Å². The largest absolute Gasteiger partial charge is 0.486 e. The Labute approximate surface area is 213 Å². The van der Waals surface area contributed by atoms with Gasteiger partial charge in [-0.2, -0.15) is 5.26 Å². The van der Waals surface area contributed by atoms with E-state index in [0.717, 1.165) is 45.7 Å². The van der Waals surface area contributed by atoms with Crippen LogP contribution in [0.2, 0.25) is 0 Å². The van der Waals surface area contributed by atoms with Gasteiger partial charge < -0.3 is 9.64 Å². The molecular formula is C27H27N5O3S. The molecular weight excluding hydrogens is 474 g/mol. The van der Waals surface area contributed by atoms with Gasteiger partial charge in [-0.15, -0.1) is 11.3 Å². The van der Waals surface area contributed by atoms with Gasteiger partial charge in [-0.25, -0.2) is 4.98 Å². The molecule has 8 nitrogen and oxygen atoms in total. The van der Waals surface area contributed by atoms with Crippen LogP contribution in [0.25, 0.3) is 21.5 Å². The normalized spacial score (nSPS) is 24.9. The number of aromatic nitrogens is 2. The number of pyridine rings is 2. The quantitative estimate of drug-likeness (QED) is 0.491. The number of hydrogen-bond acceptors (Lipinski definition) is 8. The Kier molecular flexibility index (Phi) is 5.18. The first-order chi connectivity index (χ1) is 17.2. The summed E-state index contributed by atoms with van der Waals surface area (Å²) in [5.74, 6) is 0.157. The van der Waals surface area contributed by atoms with E-state index in [4.69, 9.17) is 4.74 Å². The van der Waals surface area contributed by atoms with Crippen molar-refractivity contribution in [3.05, 3.63) is 40.5 Å². The van der Waals surface area contributed by atoms with E-state index in [2.05, 4.69) is 28.0 Å². The lowest BCUT2D eigenvalue weighted by atomic mass is 10.1. The number of hydrogen-bond donors (Lipinski definition) is 0. The lowest BCUT2D eigenvalue weighted by Crippen LogP contribution is -2.35. The number of rotatable bonds is 5. The van der Waals surface area contributed by atoms with Crippen molar-refractivity contribution in [2.75, 3.05) is 20.1 Å². The maximum atomic E-state index is 12.9. The molecule has 2 aliphatic heterocycles. The third-order valence-electron chi connectivity index (χ3n) is 7.83. The predicted molar refractivity (Wildman–Crippen MR) is 135 cm³/mol. The number of fused-ring (bicyclic) bond motifs is 2. The fourth-order valence-electron chi connectivity index (χ4n) is 5.77.